The number of carbonyl (C=O) groups excluding carboxylic acids is 1. The van der Waals surface area contributed by atoms with Crippen molar-refractivity contribution in [1.82, 2.24) is 0 Å². The summed E-state index contributed by atoms with van der Waals surface area (Å²) in [6, 6.07) is 10.2. The lowest BCUT2D eigenvalue weighted by atomic mass is 9.98. The molecule has 2 rings (SSSR count). The molecule has 0 radical (unpaired) electrons. The summed E-state index contributed by atoms with van der Waals surface area (Å²) in [5, 5.41) is 3.02. The van der Waals surface area contributed by atoms with Gasteiger partial charge in [0.25, 0.3) is 5.91 Å². The molecule has 24 heavy (non-hydrogen) atoms. The van der Waals surface area contributed by atoms with Crippen molar-refractivity contribution in [3.05, 3.63) is 58.1 Å². The lowest BCUT2D eigenvalue weighted by molar-refractivity contribution is -0.118. The van der Waals surface area contributed by atoms with Gasteiger partial charge in [-0.25, -0.2) is 0 Å². The molecule has 0 fully saturated rings. The van der Waals surface area contributed by atoms with E-state index in [1.807, 2.05) is 32.9 Å². The maximum Gasteiger partial charge on any atom is 0.262 e. The van der Waals surface area contributed by atoms with Crippen LogP contribution in [0.15, 0.2) is 30.3 Å². The topological polar surface area (TPSA) is 38.3 Å². The van der Waals surface area contributed by atoms with Crippen LogP contribution < -0.4 is 10.1 Å². The largest absolute Gasteiger partial charge is 0.483 e. The van der Waals surface area contributed by atoms with Gasteiger partial charge in [0.1, 0.15) is 5.75 Å². The Labute approximate surface area is 145 Å². The van der Waals surface area contributed by atoms with Gasteiger partial charge in [-0.2, -0.15) is 0 Å². The fraction of sp³-hybridized carbons (Fsp3) is 0.381. The summed E-state index contributed by atoms with van der Waals surface area (Å²) in [5.41, 5.74) is 6.42. The Hall–Kier alpha value is -2.29. The van der Waals surface area contributed by atoms with Gasteiger partial charge in [-0.3, -0.25) is 4.79 Å². The average molecular weight is 325 g/mol. The molecule has 3 heteroatoms. The second-order valence-corrected chi connectivity index (χ2v) is 6.76. The van der Waals surface area contributed by atoms with Crippen LogP contribution in [0.3, 0.4) is 0 Å². The Morgan fingerprint density at radius 1 is 1.04 bits per heavy atom. The number of ether oxygens (including phenoxy) is 1. The van der Waals surface area contributed by atoms with Crippen LogP contribution in [0.25, 0.3) is 0 Å². The molecule has 2 aromatic carbocycles. The Balaban J connectivity index is 2.10. The van der Waals surface area contributed by atoms with E-state index in [0.29, 0.717) is 5.92 Å². The Bertz CT molecular complexity index is 724. The summed E-state index contributed by atoms with van der Waals surface area (Å²) in [4.78, 5) is 12.4. The highest BCUT2D eigenvalue weighted by molar-refractivity contribution is 5.93. The maximum absolute atomic E-state index is 12.4. The Kier molecular flexibility index (Phi) is 5.66. The first-order chi connectivity index (χ1) is 11.3. The molecule has 0 bridgehead atoms. The summed E-state index contributed by atoms with van der Waals surface area (Å²) >= 11 is 0. The molecular formula is C21H27NO2. The van der Waals surface area contributed by atoms with Gasteiger partial charge in [-0.05, 0) is 55.9 Å². The van der Waals surface area contributed by atoms with Crippen LogP contribution in [0.5, 0.6) is 5.75 Å². The summed E-state index contributed by atoms with van der Waals surface area (Å²) in [5.74, 6) is 1.01. The van der Waals surface area contributed by atoms with E-state index in [0.717, 1.165) is 33.7 Å². The minimum atomic E-state index is -0.134. The fourth-order valence-corrected chi connectivity index (χ4v) is 3.05. The zero-order chi connectivity index (χ0) is 17.9. The molecule has 1 N–H and O–H groups in total. The van der Waals surface area contributed by atoms with Crippen molar-refractivity contribution in [2.75, 3.05) is 11.9 Å². The number of hydrogen-bond acceptors (Lipinski definition) is 2. The van der Waals surface area contributed by atoms with E-state index >= 15 is 0 Å². The van der Waals surface area contributed by atoms with Gasteiger partial charge in [0, 0.05) is 5.69 Å². The third kappa shape index (κ3) is 4.16. The van der Waals surface area contributed by atoms with Crippen LogP contribution in [0.1, 0.15) is 47.6 Å². The summed E-state index contributed by atoms with van der Waals surface area (Å²) in [6.07, 6.45) is 0. The molecule has 0 saturated heterocycles. The van der Waals surface area contributed by atoms with E-state index in [9.17, 15) is 4.79 Å². The monoisotopic (exact) mass is 325 g/mol. The van der Waals surface area contributed by atoms with Crippen LogP contribution in [0.4, 0.5) is 5.69 Å². The first-order valence-corrected chi connectivity index (χ1v) is 8.39. The zero-order valence-corrected chi connectivity index (χ0v) is 15.5. The number of hydrogen-bond donors (Lipinski definition) is 1. The highest BCUT2D eigenvalue weighted by Gasteiger charge is 2.13. The average Bonchev–Trinajstić information content (AvgIpc) is 2.47. The van der Waals surface area contributed by atoms with Crippen molar-refractivity contribution >= 4 is 11.6 Å². The number of aryl methyl sites for hydroxylation is 4. The quantitative estimate of drug-likeness (QED) is 0.834. The van der Waals surface area contributed by atoms with Crippen LogP contribution in [-0.4, -0.2) is 12.5 Å². The minimum Gasteiger partial charge on any atom is -0.483 e. The molecule has 0 aliphatic heterocycles. The lowest BCUT2D eigenvalue weighted by Crippen LogP contribution is -2.22. The number of carbonyl (C=O) groups is 1. The summed E-state index contributed by atoms with van der Waals surface area (Å²) in [7, 11) is 0. The SMILES string of the molecule is Cc1cc(C)c(OCC(=O)Nc2c(C)cccc2C(C)C)c(C)c1. The van der Waals surface area contributed by atoms with Crippen LogP contribution in [0, 0.1) is 27.7 Å². The van der Waals surface area contributed by atoms with E-state index in [1.54, 1.807) is 0 Å². The molecule has 2 aromatic rings. The predicted molar refractivity (Wildman–Crippen MR) is 100 cm³/mol. The molecule has 1 amide bonds. The van der Waals surface area contributed by atoms with Crippen molar-refractivity contribution in [3.8, 4) is 5.75 Å². The van der Waals surface area contributed by atoms with Gasteiger partial charge < -0.3 is 10.1 Å². The first-order valence-electron chi connectivity index (χ1n) is 8.39. The van der Waals surface area contributed by atoms with Crippen molar-refractivity contribution in [1.29, 1.82) is 0 Å². The molecule has 0 aliphatic carbocycles. The maximum atomic E-state index is 12.4. The molecule has 128 valence electrons. The van der Waals surface area contributed by atoms with E-state index in [-0.39, 0.29) is 12.5 Å². The molecule has 3 nitrogen and oxygen atoms in total. The van der Waals surface area contributed by atoms with Gasteiger partial charge in [-0.1, -0.05) is 49.7 Å². The number of benzene rings is 2. The molecule has 0 spiro atoms. The molecule has 0 aromatic heterocycles. The van der Waals surface area contributed by atoms with Gasteiger partial charge in [0.05, 0.1) is 0 Å². The van der Waals surface area contributed by atoms with Crippen LogP contribution >= 0.6 is 0 Å². The predicted octanol–water partition coefficient (Wildman–Crippen LogP) is 5.06. The van der Waals surface area contributed by atoms with E-state index in [1.165, 1.54) is 5.56 Å². The number of nitrogens with one attached hydrogen (secondary N) is 1. The van der Waals surface area contributed by atoms with Crippen molar-refractivity contribution < 1.29 is 9.53 Å². The normalized spacial score (nSPS) is 10.8. The lowest BCUT2D eigenvalue weighted by Gasteiger charge is -2.17. The molecule has 0 aliphatic rings. The van der Waals surface area contributed by atoms with Crippen molar-refractivity contribution in [2.45, 2.75) is 47.5 Å². The van der Waals surface area contributed by atoms with Gasteiger partial charge in [-0.15, -0.1) is 0 Å². The van der Waals surface area contributed by atoms with E-state index < -0.39 is 0 Å². The molecule has 0 saturated carbocycles. The zero-order valence-electron chi connectivity index (χ0n) is 15.5. The van der Waals surface area contributed by atoms with Crippen LogP contribution in [0.2, 0.25) is 0 Å². The Morgan fingerprint density at radius 2 is 1.67 bits per heavy atom. The molecule has 0 heterocycles. The first kappa shape index (κ1) is 18.1. The standard InChI is InChI=1S/C21H27NO2/c1-13(2)18-9-7-8-15(4)20(18)22-19(23)12-24-21-16(5)10-14(3)11-17(21)6/h7-11,13H,12H2,1-6H3,(H,22,23). The second-order valence-electron chi connectivity index (χ2n) is 6.76. The minimum absolute atomic E-state index is 0.0105. The van der Waals surface area contributed by atoms with E-state index in [4.69, 9.17) is 4.74 Å². The van der Waals surface area contributed by atoms with Gasteiger partial charge >= 0.3 is 0 Å². The summed E-state index contributed by atoms with van der Waals surface area (Å²) in [6.45, 7) is 12.3. The third-order valence-electron chi connectivity index (χ3n) is 4.14. The number of para-hydroxylation sites is 1. The van der Waals surface area contributed by atoms with Gasteiger partial charge in [0.15, 0.2) is 6.61 Å². The fourth-order valence-electron chi connectivity index (χ4n) is 3.05. The third-order valence-corrected chi connectivity index (χ3v) is 4.14. The second kappa shape index (κ2) is 7.52. The molecular weight excluding hydrogens is 298 g/mol. The molecule has 0 unspecified atom stereocenters. The Morgan fingerprint density at radius 3 is 2.25 bits per heavy atom. The van der Waals surface area contributed by atoms with Crippen LogP contribution in [-0.2, 0) is 4.79 Å². The number of anilines is 1. The highest BCUT2D eigenvalue weighted by Crippen LogP contribution is 2.28. The van der Waals surface area contributed by atoms with Crippen molar-refractivity contribution in [2.24, 2.45) is 0 Å². The van der Waals surface area contributed by atoms with E-state index in [2.05, 4.69) is 44.3 Å². The smallest absolute Gasteiger partial charge is 0.262 e. The summed E-state index contributed by atoms with van der Waals surface area (Å²) < 4.78 is 5.78. The number of rotatable bonds is 5. The molecule has 0 atom stereocenters. The van der Waals surface area contributed by atoms with Crippen molar-refractivity contribution in [3.63, 3.8) is 0 Å². The highest BCUT2D eigenvalue weighted by atomic mass is 16.5. The van der Waals surface area contributed by atoms with Gasteiger partial charge in [0.2, 0.25) is 0 Å². The number of amides is 1.